The van der Waals surface area contributed by atoms with Crippen LogP contribution in [-0.2, 0) is 6.54 Å². The van der Waals surface area contributed by atoms with Crippen molar-refractivity contribution in [3.63, 3.8) is 0 Å². The number of halogens is 2. The van der Waals surface area contributed by atoms with E-state index in [2.05, 4.69) is 0 Å². The highest BCUT2D eigenvalue weighted by Gasteiger charge is 2.18. The third-order valence-electron chi connectivity index (χ3n) is 3.76. The maximum absolute atomic E-state index is 12.7. The lowest BCUT2D eigenvalue weighted by Crippen LogP contribution is -2.30. The SMILES string of the molecule is CCN(Cc1ccc2c(c1)OCCO2)C(=O)c1cc(Cl)cc(Cl)c1. The van der Waals surface area contributed by atoms with E-state index in [9.17, 15) is 4.79 Å². The van der Waals surface area contributed by atoms with E-state index in [1.807, 2.05) is 25.1 Å². The molecule has 0 saturated carbocycles. The van der Waals surface area contributed by atoms with Crippen LogP contribution in [-0.4, -0.2) is 30.6 Å². The highest BCUT2D eigenvalue weighted by Crippen LogP contribution is 2.31. The van der Waals surface area contributed by atoms with Gasteiger partial charge in [0.05, 0.1) is 0 Å². The molecule has 3 rings (SSSR count). The number of rotatable bonds is 4. The molecule has 24 heavy (non-hydrogen) atoms. The Morgan fingerprint density at radius 3 is 2.38 bits per heavy atom. The van der Waals surface area contributed by atoms with Gasteiger partial charge in [0.15, 0.2) is 11.5 Å². The summed E-state index contributed by atoms with van der Waals surface area (Å²) < 4.78 is 11.1. The number of ether oxygens (including phenoxy) is 2. The first-order chi connectivity index (χ1) is 11.6. The van der Waals surface area contributed by atoms with Gasteiger partial charge in [-0.25, -0.2) is 0 Å². The van der Waals surface area contributed by atoms with Crippen molar-refractivity contribution in [2.24, 2.45) is 0 Å². The van der Waals surface area contributed by atoms with Crippen LogP contribution in [0.5, 0.6) is 11.5 Å². The molecule has 0 spiro atoms. The van der Waals surface area contributed by atoms with Gasteiger partial charge in [-0.1, -0.05) is 29.3 Å². The molecule has 0 aromatic heterocycles. The number of hydrogen-bond acceptors (Lipinski definition) is 3. The third-order valence-corrected chi connectivity index (χ3v) is 4.19. The predicted octanol–water partition coefficient (Wildman–Crippen LogP) is 4.43. The lowest BCUT2D eigenvalue weighted by Gasteiger charge is -2.23. The number of carbonyl (C=O) groups is 1. The van der Waals surface area contributed by atoms with Crippen molar-refractivity contribution >= 4 is 29.1 Å². The first kappa shape index (κ1) is 16.9. The summed E-state index contributed by atoms with van der Waals surface area (Å²) in [5, 5.41) is 0.891. The zero-order valence-corrected chi connectivity index (χ0v) is 14.7. The van der Waals surface area contributed by atoms with Crippen molar-refractivity contribution in [2.45, 2.75) is 13.5 Å². The van der Waals surface area contributed by atoms with Crippen LogP contribution < -0.4 is 9.47 Å². The molecule has 1 aliphatic rings. The molecule has 0 aliphatic carbocycles. The molecule has 0 radical (unpaired) electrons. The standard InChI is InChI=1S/C18H17Cl2NO3/c1-2-21(18(22)13-8-14(19)10-15(20)9-13)11-12-3-4-16-17(7-12)24-6-5-23-16/h3-4,7-10H,2,5-6,11H2,1H3. The molecule has 0 unspecified atom stereocenters. The zero-order valence-electron chi connectivity index (χ0n) is 13.2. The van der Waals surface area contributed by atoms with Gasteiger partial charge in [-0.2, -0.15) is 0 Å². The van der Waals surface area contributed by atoms with Crippen LogP contribution >= 0.6 is 23.2 Å². The van der Waals surface area contributed by atoms with E-state index in [4.69, 9.17) is 32.7 Å². The number of benzene rings is 2. The summed E-state index contributed by atoms with van der Waals surface area (Å²) in [6.45, 7) is 4.06. The molecule has 0 atom stereocenters. The Morgan fingerprint density at radius 1 is 1.04 bits per heavy atom. The second kappa shape index (κ2) is 7.32. The van der Waals surface area contributed by atoms with E-state index in [1.165, 1.54) is 0 Å². The van der Waals surface area contributed by atoms with Gasteiger partial charge >= 0.3 is 0 Å². The Morgan fingerprint density at radius 2 is 1.71 bits per heavy atom. The Hall–Kier alpha value is -1.91. The van der Waals surface area contributed by atoms with Crippen LogP contribution in [0.4, 0.5) is 0 Å². The van der Waals surface area contributed by atoms with Crippen LogP contribution in [0, 0.1) is 0 Å². The van der Waals surface area contributed by atoms with Crippen LogP contribution in [0.3, 0.4) is 0 Å². The number of amides is 1. The van der Waals surface area contributed by atoms with Gasteiger partial charge in [0.2, 0.25) is 0 Å². The monoisotopic (exact) mass is 365 g/mol. The number of nitrogens with zero attached hydrogens (tertiary/aromatic N) is 1. The van der Waals surface area contributed by atoms with E-state index in [0.29, 0.717) is 47.7 Å². The van der Waals surface area contributed by atoms with Gasteiger partial charge in [-0.3, -0.25) is 4.79 Å². The molecule has 1 aliphatic heterocycles. The van der Waals surface area contributed by atoms with Crippen molar-refractivity contribution in [3.05, 3.63) is 57.6 Å². The molecule has 0 bridgehead atoms. The molecule has 0 saturated heterocycles. The molecule has 0 fully saturated rings. The van der Waals surface area contributed by atoms with E-state index in [1.54, 1.807) is 23.1 Å². The lowest BCUT2D eigenvalue weighted by atomic mass is 10.1. The number of hydrogen-bond donors (Lipinski definition) is 0. The zero-order chi connectivity index (χ0) is 17.1. The van der Waals surface area contributed by atoms with Crippen molar-refractivity contribution in [1.82, 2.24) is 4.90 Å². The first-order valence-corrected chi connectivity index (χ1v) is 8.46. The molecule has 1 amide bonds. The van der Waals surface area contributed by atoms with Crippen LogP contribution in [0.15, 0.2) is 36.4 Å². The van der Waals surface area contributed by atoms with Crippen molar-refractivity contribution < 1.29 is 14.3 Å². The molecular formula is C18H17Cl2NO3. The third kappa shape index (κ3) is 3.77. The molecular weight excluding hydrogens is 349 g/mol. The van der Waals surface area contributed by atoms with Crippen molar-refractivity contribution in [2.75, 3.05) is 19.8 Å². The van der Waals surface area contributed by atoms with Gasteiger partial charge < -0.3 is 14.4 Å². The normalized spacial score (nSPS) is 12.8. The minimum atomic E-state index is -0.114. The Balaban J connectivity index is 1.80. The molecule has 6 heteroatoms. The fourth-order valence-electron chi connectivity index (χ4n) is 2.59. The minimum Gasteiger partial charge on any atom is -0.486 e. The number of fused-ring (bicyclic) bond motifs is 1. The van der Waals surface area contributed by atoms with Crippen molar-refractivity contribution in [1.29, 1.82) is 0 Å². The van der Waals surface area contributed by atoms with Crippen molar-refractivity contribution in [3.8, 4) is 11.5 Å². The van der Waals surface area contributed by atoms with Gasteiger partial charge in [0.25, 0.3) is 5.91 Å². The number of carbonyl (C=O) groups excluding carboxylic acids is 1. The highest BCUT2D eigenvalue weighted by molar-refractivity contribution is 6.35. The predicted molar refractivity (Wildman–Crippen MR) is 94.3 cm³/mol. The molecule has 4 nitrogen and oxygen atoms in total. The van der Waals surface area contributed by atoms with Crippen LogP contribution in [0.2, 0.25) is 10.0 Å². The van der Waals surface area contributed by atoms with E-state index < -0.39 is 0 Å². The van der Waals surface area contributed by atoms with Gasteiger partial charge in [0.1, 0.15) is 13.2 Å². The average molecular weight is 366 g/mol. The summed E-state index contributed by atoms with van der Waals surface area (Å²) in [4.78, 5) is 14.5. The van der Waals surface area contributed by atoms with Gasteiger partial charge in [-0.15, -0.1) is 0 Å². The largest absolute Gasteiger partial charge is 0.486 e. The van der Waals surface area contributed by atoms with Crippen LogP contribution in [0.1, 0.15) is 22.8 Å². The van der Waals surface area contributed by atoms with Gasteiger partial charge in [-0.05, 0) is 42.8 Å². The fraction of sp³-hybridized carbons (Fsp3) is 0.278. The van der Waals surface area contributed by atoms with Crippen LogP contribution in [0.25, 0.3) is 0 Å². The summed E-state index contributed by atoms with van der Waals surface area (Å²) >= 11 is 12.0. The maximum atomic E-state index is 12.7. The molecule has 0 N–H and O–H groups in total. The smallest absolute Gasteiger partial charge is 0.254 e. The Bertz CT molecular complexity index is 744. The fourth-order valence-corrected chi connectivity index (χ4v) is 3.12. The summed E-state index contributed by atoms with van der Waals surface area (Å²) in [5.41, 5.74) is 1.45. The molecule has 126 valence electrons. The highest BCUT2D eigenvalue weighted by atomic mass is 35.5. The topological polar surface area (TPSA) is 38.8 Å². The second-order valence-electron chi connectivity index (χ2n) is 5.46. The quantitative estimate of drug-likeness (QED) is 0.804. The first-order valence-electron chi connectivity index (χ1n) is 7.70. The lowest BCUT2D eigenvalue weighted by molar-refractivity contribution is 0.0752. The molecule has 2 aromatic carbocycles. The molecule has 1 heterocycles. The van der Waals surface area contributed by atoms with E-state index >= 15 is 0 Å². The summed E-state index contributed by atoms with van der Waals surface area (Å²) in [5.74, 6) is 1.34. The maximum Gasteiger partial charge on any atom is 0.254 e. The summed E-state index contributed by atoms with van der Waals surface area (Å²) in [6, 6.07) is 10.6. The second-order valence-corrected chi connectivity index (χ2v) is 6.33. The van der Waals surface area contributed by atoms with E-state index in [0.717, 1.165) is 11.3 Å². The Kier molecular flexibility index (Phi) is 5.17. The van der Waals surface area contributed by atoms with E-state index in [-0.39, 0.29) is 5.91 Å². The van der Waals surface area contributed by atoms with Gasteiger partial charge in [0, 0.05) is 28.7 Å². The average Bonchev–Trinajstić information content (AvgIpc) is 2.58. The summed E-state index contributed by atoms with van der Waals surface area (Å²) in [6.07, 6.45) is 0. The Labute approximate surface area is 150 Å². The molecule has 2 aromatic rings. The summed E-state index contributed by atoms with van der Waals surface area (Å²) in [7, 11) is 0. The minimum absolute atomic E-state index is 0.114.